The molecule has 196 valence electrons. The van der Waals surface area contributed by atoms with E-state index < -0.39 is 11.2 Å². The molecule has 1 fully saturated rings. The minimum Gasteiger partial charge on any atom is -0.489 e. The SMILES string of the molecule is Cc1c(C)c(C(=O)OC(C)(C)C)c(C)c2c1OC(C)(COc1ccc(/C=C3\SC(=O)NC3=O)cc1)CC2. The Balaban J connectivity index is 1.47. The summed E-state index contributed by atoms with van der Waals surface area (Å²) in [6, 6.07) is 7.35. The average Bonchev–Trinajstić information content (AvgIpc) is 3.12. The topological polar surface area (TPSA) is 90.9 Å². The van der Waals surface area contributed by atoms with E-state index >= 15 is 0 Å². The molecule has 2 aromatic carbocycles. The summed E-state index contributed by atoms with van der Waals surface area (Å²) in [5.74, 6) is 0.824. The second-order valence-electron chi connectivity index (χ2n) is 10.8. The van der Waals surface area contributed by atoms with Crippen LogP contribution in [-0.2, 0) is 16.0 Å². The number of nitrogens with one attached hydrogen (secondary N) is 1. The van der Waals surface area contributed by atoms with E-state index in [1.165, 1.54) is 0 Å². The minimum atomic E-state index is -0.565. The van der Waals surface area contributed by atoms with Crippen LogP contribution in [0.2, 0.25) is 0 Å². The minimum absolute atomic E-state index is 0.303. The summed E-state index contributed by atoms with van der Waals surface area (Å²) in [6.07, 6.45) is 3.18. The largest absolute Gasteiger partial charge is 0.489 e. The van der Waals surface area contributed by atoms with Crippen molar-refractivity contribution >= 4 is 35.0 Å². The quantitative estimate of drug-likeness (QED) is 0.377. The maximum atomic E-state index is 13.0. The van der Waals surface area contributed by atoms with Crippen LogP contribution in [0.1, 0.15) is 72.3 Å². The second-order valence-corrected chi connectivity index (χ2v) is 11.8. The summed E-state index contributed by atoms with van der Waals surface area (Å²) in [7, 11) is 0. The number of hydrogen-bond donors (Lipinski definition) is 1. The Morgan fingerprint density at radius 3 is 2.38 bits per heavy atom. The van der Waals surface area contributed by atoms with Crippen molar-refractivity contribution in [2.45, 2.75) is 72.5 Å². The normalized spacial score (nSPS) is 20.4. The van der Waals surface area contributed by atoms with Gasteiger partial charge in [0.2, 0.25) is 0 Å². The maximum Gasteiger partial charge on any atom is 0.339 e. The molecule has 1 atom stereocenters. The van der Waals surface area contributed by atoms with Gasteiger partial charge >= 0.3 is 5.97 Å². The van der Waals surface area contributed by atoms with Crippen molar-refractivity contribution < 1.29 is 28.6 Å². The van der Waals surface area contributed by atoms with Gasteiger partial charge in [-0.1, -0.05) is 12.1 Å². The fourth-order valence-corrected chi connectivity index (χ4v) is 5.20. The number of fused-ring (bicyclic) bond motifs is 1. The molecule has 1 unspecified atom stereocenters. The van der Waals surface area contributed by atoms with Gasteiger partial charge in [0.05, 0.1) is 10.5 Å². The fraction of sp³-hybridized carbons (Fsp3) is 0.414. The number of hydrogen-bond acceptors (Lipinski definition) is 7. The van der Waals surface area contributed by atoms with Gasteiger partial charge in [-0.3, -0.25) is 14.9 Å². The third kappa shape index (κ3) is 5.85. The number of carbonyl (C=O) groups excluding carboxylic acids is 3. The number of ether oxygens (including phenoxy) is 3. The molecule has 0 aromatic heterocycles. The number of amides is 2. The molecular weight excluding hydrogens is 490 g/mol. The number of benzene rings is 2. The molecule has 0 radical (unpaired) electrons. The zero-order valence-corrected chi connectivity index (χ0v) is 23.2. The van der Waals surface area contributed by atoms with E-state index in [9.17, 15) is 14.4 Å². The first kappa shape index (κ1) is 26.8. The van der Waals surface area contributed by atoms with Gasteiger partial charge in [-0.2, -0.15) is 0 Å². The Labute approximate surface area is 221 Å². The molecular formula is C29H33NO6S. The van der Waals surface area contributed by atoms with Crippen LogP contribution in [-0.4, -0.2) is 34.9 Å². The zero-order chi connectivity index (χ0) is 27.1. The fourth-order valence-electron chi connectivity index (χ4n) is 4.52. The summed E-state index contributed by atoms with van der Waals surface area (Å²) in [6.45, 7) is 13.9. The van der Waals surface area contributed by atoms with Gasteiger partial charge in [-0.25, -0.2) is 4.79 Å². The van der Waals surface area contributed by atoms with Gasteiger partial charge in [0.25, 0.3) is 11.1 Å². The van der Waals surface area contributed by atoms with E-state index in [2.05, 4.69) is 5.32 Å². The van der Waals surface area contributed by atoms with Crippen LogP contribution < -0.4 is 14.8 Å². The average molecular weight is 524 g/mol. The van der Waals surface area contributed by atoms with E-state index in [1.54, 1.807) is 6.08 Å². The van der Waals surface area contributed by atoms with Crippen LogP contribution >= 0.6 is 11.8 Å². The standard InChI is InChI=1S/C29H33NO6S/c1-16-17(2)24-21(18(3)23(16)26(32)36-28(4,5)6)12-13-29(7,35-24)15-34-20-10-8-19(9-11-20)14-22-25(31)30-27(33)37-22/h8-11,14H,12-13,15H2,1-7H3,(H,30,31,33)/b22-14-. The third-order valence-electron chi connectivity index (χ3n) is 6.60. The third-order valence-corrected chi connectivity index (χ3v) is 7.41. The number of esters is 1. The van der Waals surface area contributed by atoms with E-state index in [0.717, 1.165) is 58.2 Å². The molecule has 1 saturated heterocycles. The molecule has 8 heteroatoms. The number of imide groups is 1. The Morgan fingerprint density at radius 1 is 1.11 bits per heavy atom. The first-order valence-corrected chi connectivity index (χ1v) is 13.1. The van der Waals surface area contributed by atoms with Crippen LogP contribution in [0.4, 0.5) is 4.79 Å². The molecule has 0 saturated carbocycles. The molecule has 0 aliphatic carbocycles. The smallest absolute Gasteiger partial charge is 0.339 e. The molecule has 2 aliphatic rings. The van der Waals surface area contributed by atoms with Crippen molar-refractivity contribution in [2.75, 3.05) is 6.61 Å². The van der Waals surface area contributed by atoms with Crippen molar-refractivity contribution in [1.82, 2.24) is 5.32 Å². The lowest BCUT2D eigenvalue weighted by Gasteiger charge is -2.38. The molecule has 1 N–H and O–H groups in total. The summed E-state index contributed by atoms with van der Waals surface area (Å²) in [5.41, 5.74) is 4.10. The Bertz CT molecular complexity index is 1310. The second kappa shape index (κ2) is 9.89. The number of carbonyl (C=O) groups is 3. The van der Waals surface area contributed by atoms with Crippen molar-refractivity contribution in [3.63, 3.8) is 0 Å². The number of thioether (sulfide) groups is 1. The Hall–Kier alpha value is -3.26. The first-order chi connectivity index (χ1) is 17.3. The highest BCUT2D eigenvalue weighted by atomic mass is 32.2. The first-order valence-electron chi connectivity index (χ1n) is 12.3. The predicted octanol–water partition coefficient (Wildman–Crippen LogP) is 6.05. The monoisotopic (exact) mass is 523 g/mol. The summed E-state index contributed by atoms with van der Waals surface area (Å²) >= 11 is 0.891. The molecule has 0 bridgehead atoms. The van der Waals surface area contributed by atoms with Gasteiger partial charge < -0.3 is 14.2 Å². The van der Waals surface area contributed by atoms with E-state index in [4.69, 9.17) is 14.2 Å². The molecule has 37 heavy (non-hydrogen) atoms. The maximum absolute atomic E-state index is 13.0. The molecule has 2 heterocycles. The lowest BCUT2D eigenvalue weighted by Crippen LogP contribution is -2.42. The van der Waals surface area contributed by atoms with Crippen molar-refractivity contribution in [3.05, 3.63) is 62.6 Å². The van der Waals surface area contributed by atoms with Crippen LogP contribution in [0.5, 0.6) is 11.5 Å². The zero-order valence-electron chi connectivity index (χ0n) is 22.4. The highest BCUT2D eigenvalue weighted by Crippen LogP contribution is 2.41. The van der Waals surface area contributed by atoms with E-state index in [1.807, 2.05) is 72.7 Å². The van der Waals surface area contributed by atoms with Crippen LogP contribution in [0.3, 0.4) is 0 Å². The lowest BCUT2D eigenvalue weighted by atomic mass is 9.85. The predicted molar refractivity (Wildman–Crippen MR) is 144 cm³/mol. The molecule has 2 amide bonds. The molecule has 2 aromatic rings. The molecule has 2 aliphatic heterocycles. The van der Waals surface area contributed by atoms with Gasteiger partial charge in [0.1, 0.15) is 29.3 Å². The molecule has 4 rings (SSSR count). The van der Waals surface area contributed by atoms with Crippen LogP contribution in [0, 0.1) is 20.8 Å². The van der Waals surface area contributed by atoms with Gasteiger partial charge in [-0.15, -0.1) is 0 Å². The Kier molecular flexibility index (Phi) is 7.16. The van der Waals surface area contributed by atoms with Crippen molar-refractivity contribution in [2.24, 2.45) is 0 Å². The van der Waals surface area contributed by atoms with E-state index in [-0.39, 0.29) is 17.1 Å². The lowest BCUT2D eigenvalue weighted by molar-refractivity contribution is -0.115. The van der Waals surface area contributed by atoms with Gasteiger partial charge in [0.15, 0.2) is 0 Å². The van der Waals surface area contributed by atoms with Gasteiger partial charge in [0, 0.05) is 0 Å². The highest BCUT2D eigenvalue weighted by molar-refractivity contribution is 8.18. The molecule has 7 nitrogen and oxygen atoms in total. The number of rotatable bonds is 5. The van der Waals surface area contributed by atoms with Crippen LogP contribution in [0.15, 0.2) is 29.2 Å². The summed E-state index contributed by atoms with van der Waals surface area (Å²) in [4.78, 5) is 36.4. The molecule has 0 spiro atoms. The van der Waals surface area contributed by atoms with E-state index in [0.29, 0.717) is 22.8 Å². The van der Waals surface area contributed by atoms with Crippen molar-refractivity contribution in [3.8, 4) is 11.5 Å². The highest BCUT2D eigenvalue weighted by Gasteiger charge is 2.36. The Morgan fingerprint density at radius 2 is 1.78 bits per heavy atom. The van der Waals surface area contributed by atoms with Crippen molar-refractivity contribution in [1.29, 1.82) is 0 Å². The summed E-state index contributed by atoms with van der Waals surface area (Å²) in [5, 5.41) is 1.89. The van der Waals surface area contributed by atoms with Crippen LogP contribution in [0.25, 0.3) is 6.08 Å². The summed E-state index contributed by atoms with van der Waals surface area (Å²) < 4.78 is 18.3. The van der Waals surface area contributed by atoms with Gasteiger partial charge in [-0.05, 0) is 119 Å².